The Bertz CT molecular complexity index is 514. The first-order chi connectivity index (χ1) is 8.20. The summed E-state index contributed by atoms with van der Waals surface area (Å²) in [6.45, 7) is 2.08. The lowest BCUT2D eigenvalue weighted by atomic mass is 10.1. The van der Waals surface area contributed by atoms with E-state index in [-0.39, 0.29) is 6.42 Å². The Balaban J connectivity index is 2.32. The molecular formula is C13H13NO3. The van der Waals surface area contributed by atoms with Gasteiger partial charge < -0.3 is 9.52 Å². The molecule has 0 radical (unpaired) electrons. The van der Waals surface area contributed by atoms with Crippen molar-refractivity contribution in [2.24, 2.45) is 0 Å². The van der Waals surface area contributed by atoms with Crippen molar-refractivity contribution in [3.05, 3.63) is 42.0 Å². The van der Waals surface area contributed by atoms with E-state index >= 15 is 0 Å². The van der Waals surface area contributed by atoms with Gasteiger partial charge in [-0.2, -0.15) is 0 Å². The maximum atomic E-state index is 10.7. The maximum absolute atomic E-state index is 10.7. The van der Waals surface area contributed by atoms with Gasteiger partial charge in [-0.15, -0.1) is 0 Å². The fourth-order valence-corrected chi connectivity index (χ4v) is 1.67. The molecule has 1 aromatic carbocycles. The van der Waals surface area contributed by atoms with Gasteiger partial charge in [-0.05, 0) is 12.0 Å². The molecule has 1 aromatic heterocycles. The van der Waals surface area contributed by atoms with E-state index in [9.17, 15) is 4.79 Å². The molecule has 0 fully saturated rings. The van der Waals surface area contributed by atoms with Crippen LogP contribution < -0.4 is 0 Å². The monoisotopic (exact) mass is 231 g/mol. The van der Waals surface area contributed by atoms with Crippen molar-refractivity contribution in [1.82, 2.24) is 4.98 Å². The number of hydrogen-bond acceptors (Lipinski definition) is 3. The van der Waals surface area contributed by atoms with Gasteiger partial charge in [0.2, 0.25) is 0 Å². The van der Waals surface area contributed by atoms with E-state index in [1.807, 2.05) is 24.3 Å². The van der Waals surface area contributed by atoms with Crippen molar-refractivity contribution < 1.29 is 14.3 Å². The Kier molecular flexibility index (Phi) is 3.23. The molecule has 2 aromatic rings. The second kappa shape index (κ2) is 4.82. The first-order valence-electron chi connectivity index (χ1n) is 5.44. The van der Waals surface area contributed by atoms with E-state index in [0.29, 0.717) is 11.5 Å². The highest BCUT2D eigenvalue weighted by Gasteiger charge is 2.13. The van der Waals surface area contributed by atoms with E-state index < -0.39 is 5.97 Å². The predicted molar refractivity (Wildman–Crippen MR) is 62.7 cm³/mol. The molecule has 17 heavy (non-hydrogen) atoms. The van der Waals surface area contributed by atoms with Gasteiger partial charge in [-0.1, -0.05) is 31.2 Å². The SMILES string of the molecule is CCc1ccc(-c2ncoc2CC(=O)O)cc1. The fourth-order valence-electron chi connectivity index (χ4n) is 1.67. The van der Waals surface area contributed by atoms with Crippen molar-refractivity contribution in [3.8, 4) is 11.3 Å². The number of nitrogens with zero attached hydrogens (tertiary/aromatic N) is 1. The Morgan fingerprint density at radius 2 is 2.06 bits per heavy atom. The number of oxazole rings is 1. The summed E-state index contributed by atoms with van der Waals surface area (Å²) in [4.78, 5) is 14.7. The average Bonchev–Trinajstić information content (AvgIpc) is 2.76. The maximum Gasteiger partial charge on any atom is 0.311 e. The molecule has 0 aliphatic rings. The Labute approximate surface area is 98.9 Å². The van der Waals surface area contributed by atoms with Crippen LogP contribution in [0.5, 0.6) is 0 Å². The van der Waals surface area contributed by atoms with E-state index in [4.69, 9.17) is 9.52 Å². The summed E-state index contributed by atoms with van der Waals surface area (Å²) >= 11 is 0. The minimum atomic E-state index is -0.923. The zero-order chi connectivity index (χ0) is 12.3. The summed E-state index contributed by atoms with van der Waals surface area (Å²) in [7, 11) is 0. The summed E-state index contributed by atoms with van der Waals surface area (Å²) in [6.07, 6.45) is 2.10. The first kappa shape index (κ1) is 11.4. The lowest BCUT2D eigenvalue weighted by Gasteiger charge is -2.01. The number of rotatable bonds is 4. The molecule has 0 atom stereocenters. The highest BCUT2D eigenvalue weighted by atomic mass is 16.4. The van der Waals surface area contributed by atoms with Gasteiger partial charge in [0.15, 0.2) is 6.39 Å². The van der Waals surface area contributed by atoms with Crippen molar-refractivity contribution >= 4 is 5.97 Å². The lowest BCUT2D eigenvalue weighted by molar-refractivity contribution is -0.136. The largest absolute Gasteiger partial charge is 0.481 e. The normalized spacial score (nSPS) is 10.4. The molecule has 0 aliphatic heterocycles. The minimum Gasteiger partial charge on any atom is -0.481 e. The molecule has 0 saturated carbocycles. The molecule has 0 bridgehead atoms. The molecule has 0 aliphatic carbocycles. The third-order valence-corrected chi connectivity index (χ3v) is 2.59. The van der Waals surface area contributed by atoms with Gasteiger partial charge in [-0.3, -0.25) is 4.79 Å². The van der Waals surface area contributed by atoms with Gasteiger partial charge >= 0.3 is 5.97 Å². The standard InChI is InChI=1S/C13H13NO3/c1-2-9-3-5-10(6-4-9)13-11(7-12(15)16)17-8-14-13/h3-6,8H,2,7H2,1H3,(H,15,16). The number of carbonyl (C=O) groups is 1. The molecule has 88 valence electrons. The Morgan fingerprint density at radius 3 is 2.65 bits per heavy atom. The molecule has 0 amide bonds. The van der Waals surface area contributed by atoms with E-state index in [0.717, 1.165) is 12.0 Å². The minimum absolute atomic E-state index is 0.148. The number of benzene rings is 1. The van der Waals surface area contributed by atoms with Gasteiger partial charge in [0, 0.05) is 5.56 Å². The summed E-state index contributed by atoms with van der Waals surface area (Å²) in [5.41, 5.74) is 2.72. The highest BCUT2D eigenvalue weighted by molar-refractivity contribution is 5.73. The van der Waals surface area contributed by atoms with Crippen LogP contribution in [0.25, 0.3) is 11.3 Å². The van der Waals surface area contributed by atoms with Crippen molar-refractivity contribution in [3.63, 3.8) is 0 Å². The van der Waals surface area contributed by atoms with Crippen LogP contribution in [-0.2, 0) is 17.6 Å². The van der Waals surface area contributed by atoms with Crippen molar-refractivity contribution in [1.29, 1.82) is 0 Å². The average molecular weight is 231 g/mol. The van der Waals surface area contributed by atoms with Crippen LogP contribution in [0.1, 0.15) is 18.2 Å². The quantitative estimate of drug-likeness (QED) is 0.878. The highest BCUT2D eigenvalue weighted by Crippen LogP contribution is 2.23. The Hall–Kier alpha value is -2.10. The van der Waals surface area contributed by atoms with Gasteiger partial charge in [0.25, 0.3) is 0 Å². The van der Waals surface area contributed by atoms with Gasteiger partial charge in [0.1, 0.15) is 17.9 Å². The molecule has 2 rings (SSSR count). The van der Waals surface area contributed by atoms with Crippen LogP contribution in [-0.4, -0.2) is 16.1 Å². The van der Waals surface area contributed by atoms with Crippen LogP contribution in [0.2, 0.25) is 0 Å². The smallest absolute Gasteiger partial charge is 0.311 e. The zero-order valence-electron chi connectivity index (χ0n) is 9.51. The lowest BCUT2D eigenvalue weighted by Crippen LogP contribution is -2.00. The third kappa shape index (κ3) is 2.53. The molecule has 0 spiro atoms. The van der Waals surface area contributed by atoms with Crippen LogP contribution in [0, 0.1) is 0 Å². The van der Waals surface area contributed by atoms with Gasteiger partial charge in [-0.25, -0.2) is 4.98 Å². The summed E-state index contributed by atoms with van der Waals surface area (Å²) < 4.78 is 5.09. The van der Waals surface area contributed by atoms with Crippen LogP contribution in [0.15, 0.2) is 35.1 Å². The first-order valence-corrected chi connectivity index (χ1v) is 5.44. The molecule has 1 N–H and O–H groups in total. The topological polar surface area (TPSA) is 63.3 Å². The summed E-state index contributed by atoms with van der Waals surface area (Å²) in [6, 6.07) is 7.88. The third-order valence-electron chi connectivity index (χ3n) is 2.59. The van der Waals surface area contributed by atoms with Crippen molar-refractivity contribution in [2.75, 3.05) is 0 Å². The number of aryl methyl sites for hydroxylation is 1. The number of hydrogen-bond donors (Lipinski definition) is 1. The molecule has 4 nitrogen and oxygen atoms in total. The number of aliphatic carboxylic acids is 1. The fraction of sp³-hybridized carbons (Fsp3) is 0.231. The number of aromatic nitrogens is 1. The Morgan fingerprint density at radius 1 is 1.35 bits per heavy atom. The second-order valence-corrected chi connectivity index (χ2v) is 3.75. The predicted octanol–water partition coefficient (Wildman–Crippen LogP) is 2.53. The molecule has 1 heterocycles. The van der Waals surface area contributed by atoms with Crippen molar-refractivity contribution in [2.45, 2.75) is 19.8 Å². The van der Waals surface area contributed by atoms with Gasteiger partial charge in [0.05, 0.1) is 0 Å². The molecule has 0 unspecified atom stereocenters. The van der Waals surface area contributed by atoms with Crippen LogP contribution in [0.4, 0.5) is 0 Å². The number of carboxylic acids is 1. The zero-order valence-corrected chi connectivity index (χ0v) is 9.51. The van der Waals surface area contributed by atoms with Crippen LogP contribution >= 0.6 is 0 Å². The summed E-state index contributed by atoms with van der Waals surface area (Å²) in [5.74, 6) is -0.532. The second-order valence-electron chi connectivity index (χ2n) is 3.75. The van der Waals surface area contributed by atoms with Crippen LogP contribution in [0.3, 0.4) is 0 Å². The molecular weight excluding hydrogens is 218 g/mol. The number of carboxylic acid groups (broad SMARTS) is 1. The molecule has 0 saturated heterocycles. The molecule has 4 heteroatoms. The van der Waals surface area contributed by atoms with E-state index in [1.165, 1.54) is 12.0 Å². The van der Waals surface area contributed by atoms with E-state index in [1.54, 1.807) is 0 Å². The van der Waals surface area contributed by atoms with E-state index in [2.05, 4.69) is 11.9 Å². The summed E-state index contributed by atoms with van der Waals surface area (Å²) in [5, 5.41) is 8.75.